The zero-order valence-electron chi connectivity index (χ0n) is 14.1. The van der Waals surface area contributed by atoms with Gasteiger partial charge in [-0.25, -0.2) is 9.79 Å². The molecule has 0 aromatic heterocycles. The number of rotatable bonds is 3. The van der Waals surface area contributed by atoms with Gasteiger partial charge in [0.05, 0.1) is 23.3 Å². The Morgan fingerprint density at radius 2 is 1.85 bits per heavy atom. The number of carbonyl (C=O) groups excluding carboxylic acids is 2. The number of hydrogen-bond donors (Lipinski definition) is 1. The van der Waals surface area contributed by atoms with Crippen LogP contribution in [0.25, 0.3) is 5.57 Å². The van der Waals surface area contributed by atoms with Crippen LogP contribution in [-0.4, -0.2) is 24.2 Å². The molecule has 1 saturated heterocycles. The van der Waals surface area contributed by atoms with Crippen LogP contribution in [0.15, 0.2) is 62.9 Å². The van der Waals surface area contributed by atoms with Crippen LogP contribution in [-0.2, 0) is 9.53 Å². The Labute approximate surface area is 163 Å². The number of allylic oxidation sites excluding steroid dienone is 1. The third kappa shape index (κ3) is 3.89. The SMILES string of the molecule is COC(=O)c1ccccc1N=C1NC(=O)/C(=C(\C)c2ccc(Br)cc2)S1. The molecule has 2 aromatic rings. The van der Waals surface area contributed by atoms with E-state index in [1.54, 1.807) is 24.3 Å². The minimum absolute atomic E-state index is 0.204. The number of ether oxygens (including phenoxy) is 1. The third-order valence-corrected chi connectivity index (χ3v) is 5.39. The number of amidine groups is 1. The van der Waals surface area contributed by atoms with E-state index < -0.39 is 5.97 Å². The number of thioether (sulfide) groups is 1. The van der Waals surface area contributed by atoms with Crippen LogP contribution < -0.4 is 5.32 Å². The summed E-state index contributed by atoms with van der Waals surface area (Å²) in [7, 11) is 1.32. The van der Waals surface area contributed by atoms with Crippen molar-refractivity contribution in [2.75, 3.05) is 7.11 Å². The van der Waals surface area contributed by atoms with Crippen LogP contribution in [0.4, 0.5) is 5.69 Å². The maximum Gasteiger partial charge on any atom is 0.340 e. The number of hydrogen-bond acceptors (Lipinski definition) is 5. The van der Waals surface area contributed by atoms with Gasteiger partial charge in [0.25, 0.3) is 5.91 Å². The number of benzene rings is 2. The Balaban J connectivity index is 1.93. The van der Waals surface area contributed by atoms with Gasteiger partial charge in [0.2, 0.25) is 0 Å². The molecular formula is C19H15BrN2O3S. The van der Waals surface area contributed by atoms with Crippen molar-refractivity contribution in [2.45, 2.75) is 6.92 Å². The van der Waals surface area contributed by atoms with E-state index in [2.05, 4.69) is 26.2 Å². The molecule has 1 aliphatic rings. The van der Waals surface area contributed by atoms with Gasteiger partial charge in [-0.3, -0.25) is 4.79 Å². The Morgan fingerprint density at radius 3 is 2.54 bits per heavy atom. The predicted molar refractivity (Wildman–Crippen MR) is 107 cm³/mol. The molecule has 0 radical (unpaired) electrons. The van der Waals surface area contributed by atoms with Crippen LogP contribution in [0.1, 0.15) is 22.8 Å². The second-order valence-electron chi connectivity index (χ2n) is 5.44. The highest BCUT2D eigenvalue weighted by atomic mass is 79.9. The summed E-state index contributed by atoms with van der Waals surface area (Å²) >= 11 is 4.66. The van der Waals surface area contributed by atoms with Crippen molar-refractivity contribution in [1.82, 2.24) is 5.32 Å². The van der Waals surface area contributed by atoms with E-state index in [9.17, 15) is 9.59 Å². The van der Waals surface area contributed by atoms with Crippen molar-refractivity contribution in [2.24, 2.45) is 4.99 Å². The molecule has 132 valence electrons. The standard InChI is InChI=1S/C19H15BrN2O3S/c1-11(12-7-9-13(20)10-8-12)16-17(23)22-19(26-16)21-15-6-4-3-5-14(15)18(24)25-2/h3-10H,1-2H3,(H,21,22,23)/b16-11-. The zero-order chi connectivity index (χ0) is 18.7. The van der Waals surface area contributed by atoms with Gasteiger partial charge < -0.3 is 10.1 Å². The molecule has 0 unspecified atom stereocenters. The first-order chi connectivity index (χ1) is 12.5. The van der Waals surface area contributed by atoms with E-state index in [4.69, 9.17) is 4.74 Å². The van der Waals surface area contributed by atoms with Crippen molar-refractivity contribution in [3.8, 4) is 0 Å². The number of amides is 1. The highest BCUT2D eigenvalue weighted by Crippen LogP contribution is 2.33. The summed E-state index contributed by atoms with van der Waals surface area (Å²) in [6.07, 6.45) is 0. The fourth-order valence-corrected chi connectivity index (χ4v) is 3.57. The van der Waals surface area contributed by atoms with Gasteiger partial charge in [0, 0.05) is 4.47 Å². The topological polar surface area (TPSA) is 67.8 Å². The molecule has 26 heavy (non-hydrogen) atoms. The lowest BCUT2D eigenvalue weighted by molar-refractivity contribution is -0.115. The highest BCUT2D eigenvalue weighted by Gasteiger charge is 2.27. The molecule has 0 spiro atoms. The van der Waals surface area contributed by atoms with Gasteiger partial charge in [-0.2, -0.15) is 0 Å². The fraction of sp³-hybridized carbons (Fsp3) is 0.105. The van der Waals surface area contributed by atoms with Crippen LogP contribution in [0, 0.1) is 0 Å². The lowest BCUT2D eigenvalue weighted by Gasteiger charge is -2.04. The van der Waals surface area contributed by atoms with Crippen molar-refractivity contribution >= 4 is 56.0 Å². The van der Waals surface area contributed by atoms with Gasteiger partial charge >= 0.3 is 5.97 Å². The van der Waals surface area contributed by atoms with E-state index in [0.29, 0.717) is 21.3 Å². The van der Waals surface area contributed by atoms with Crippen molar-refractivity contribution < 1.29 is 14.3 Å². The summed E-state index contributed by atoms with van der Waals surface area (Å²) in [6.45, 7) is 1.90. The fourth-order valence-electron chi connectivity index (χ4n) is 2.41. The monoisotopic (exact) mass is 430 g/mol. The van der Waals surface area contributed by atoms with Crippen LogP contribution in [0.2, 0.25) is 0 Å². The summed E-state index contributed by atoms with van der Waals surface area (Å²) in [4.78, 5) is 29.2. The van der Waals surface area contributed by atoms with Gasteiger partial charge in [0.15, 0.2) is 5.17 Å². The average molecular weight is 431 g/mol. The molecule has 0 atom stereocenters. The molecule has 0 bridgehead atoms. The Hall–Kier alpha value is -2.38. The van der Waals surface area contributed by atoms with Crippen molar-refractivity contribution in [3.63, 3.8) is 0 Å². The Kier molecular flexibility index (Phi) is 5.58. The number of para-hydroxylation sites is 1. The molecule has 1 fully saturated rings. The number of nitrogens with zero attached hydrogens (tertiary/aromatic N) is 1. The second kappa shape index (κ2) is 7.88. The molecule has 0 saturated carbocycles. The molecular weight excluding hydrogens is 416 g/mol. The van der Waals surface area contributed by atoms with Crippen LogP contribution >= 0.6 is 27.7 Å². The molecule has 1 heterocycles. The van der Waals surface area contributed by atoms with E-state index in [0.717, 1.165) is 15.6 Å². The lowest BCUT2D eigenvalue weighted by atomic mass is 10.1. The number of methoxy groups -OCH3 is 1. The third-order valence-electron chi connectivity index (χ3n) is 3.77. The van der Waals surface area contributed by atoms with Crippen LogP contribution in [0.5, 0.6) is 0 Å². The van der Waals surface area contributed by atoms with Crippen LogP contribution in [0.3, 0.4) is 0 Å². The number of nitrogens with one attached hydrogen (secondary N) is 1. The quantitative estimate of drug-likeness (QED) is 0.574. The van der Waals surface area contributed by atoms with E-state index in [-0.39, 0.29) is 5.91 Å². The molecule has 2 aromatic carbocycles. The first-order valence-electron chi connectivity index (χ1n) is 7.71. The lowest BCUT2D eigenvalue weighted by Crippen LogP contribution is -2.19. The van der Waals surface area contributed by atoms with E-state index >= 15 is 0 Å². The Morgan fingerprint density at radius 1 is 1.15 bits per heavy atom. The largest absolute Gasteiger partial charge is 0.465 e. The minimum atomic E-state index is -0.471. The van der Waals surface area contributed by atoms with Gasteiger partial charge in [-0.05, 0) is 54.1 Å². The number of halogens is 1. The minimum Gasteiger partial charge on any atom is -0.465 e. The summed E-state index contributed by atoms with van der Waals surface area (Å²) in [5.74, 6) is -0.675. The van der Waals surface area contributed by atoms with E-state index in [1.165, 1.54) is 18.9 Å². The first-order valence-corrected chi connectivity index (χ1v) is 9.32. The predicted octanol–water partition coefficient (Wildman–Crippen LogP) is 4.52. The van der Waals surface area contributed by atoms with Gasteiger partial charge in [-0.15, -0.1) is 0 Å². The summed E-state index contributed by atoms with van der Waals surface area (Å²) in [6, 6.07) is 14.6. The van der Waals surface area contributed by atoms with Gasteiger partial charge in [-0.1, -0.05) is 40.2 Å². The van der Waals surface area contributed by atoms with E-state index in [1.807, 2.05) is 31.2 Å². The zero-order valence-corrected chi connectivity index (χ0v) is 16.5. The summed E-state index contributed by atoms with van der Waals surface area (Å²) in [5.41, 5.74) is 2.62. The molecule has 1 N–H and O–H groups in total. The summed E-state index contributed by atoms with van der Waals surface area (Å²) in [5, 5.41) is 3.18. The maximum absolute atomic E-state index is 12.4. The molecule has 5 nitrogen and oxygen atoms in total. The number of aliphatic imine (C=N–C) groups is 1. The molecule has 1 aliphatic heterocycles. The molecule has 3 rings (SSSR count). The molecule has 1 amide bonds. The highest BCUT2D eigenvalue weighted by molar-refractivity contribution is 9.10. The van der Waals surface area contributed by atoms with Gasteiger partial charge in [0.1, 0.15) is 0 Å². The maximum atomic E-state index is 12.4. The summed E-state index contributed by atoms with van der Waals surface area (Å²) < 4.78 is 5.75. The average Bonchev–Trinajstić information content (AvgIpc) is 3.01. The molecule has 0 aliphatic carbocycles. The second-order valence-corrected chi connectivity index (χ2v) is 7.36. The normalized spacial score (nSPS) is 17.2. The smallest absolute Gasteiger partial charge is 0.340 e. The number of carbonyl (C=O) groups is 2. The van der Waals surface area contributed by atoms with Crippen molar-refractivity contribution in [1.29, 1.82) is 0 Å². The molecule has 7 heteroatoms. The Bertz CT molecular complexity index is 936. The first kappa shape index (κ1) is 18.4. The van der Waals surface area contributed by atoms with Crippen molar-refractivity contribution in [3.05, 3.63) is 69.0 Å². The number of esters is 1.